The summed E-state index contributed by atoms with van der Waals surface area (Å²) in [7, 11) is 3.79. The molecule has 3 aromatic rings. The van der Waals surface area contributed by atoms with Crippen LogP contribution in [0, 0.1) is 0 Å². The van der Waals surface area contributed by atoms with Gasteiger partial charge in [0.25, 0.3) is 0 Å². The van der Waals surface area contributed by atoms with Crippen LogP contribution in [0.3, 0.4) is 0 Å². The van der Waals surface area contributed by atoms with Gasteiger partial charge in [-0.1, -0.05) is 0 Å². The van der Waals surface area contributed by atoms with Crippen molar-refractivity contribution in [2.45, 2.75) is 19.4 Å². The van der Waals surface area contributed by atoms with E-state index in [1.54, 1.807) is 24.5 Å². The maximum Gasteiger partial charge on any atom is 0.212 e. The van der Waals surface area contributed by atoms with Gasteiger partial charge in [-0.2, -0.15) is 0 Å². The van der Waals surface area contributed by atoms with Crippen molar-refractivity contribution in [3.8, 4) is 0 Å². The maximum absolute atomic E-state index is 9.92. The number of pyridine rings is 2. The summed E-state index contributed by atoms with van der Waals surface area (Å²) < 4.78 is 2.14. The van der Waals surface area contributed by atoms with Crippen LogP contribution in [-0.4, -0.2) is 59.4 Å². The summed E-state index contributed by atoms with van der Waals surface area (Å²) in [6, 6.07) is 7.36. The molecule has 0 aliphatic carbocycles. The Hall–Kier alpha value is -3.37. The summed E-state index contributed by atoms with van der Waals surface area (Å²) in [6.07, 6.45) is 8.35. The van der Waals surface area contributed by atoms with E-state index in [-0.39, 0.29) is 0 Å². The van der Waals surface area contributed by atoms with Crippen molar-refractivity contribution in [2.24, 2.45) is 0 Å². The molecule has 0 aliphatic heterocycles. The van der Waals surface area contributed by atoms with Crippen molar-refractivity contribution < 1.29 is 9.59 Å². The molecule has 3 heterocycles. The number of hydrogen-bond acceptors (Lipinski definition) is 8. The number of aryl methyl sites for hydroxylation is 1. The van der Waals surface area contributed by atoms with Crippen LogP contribution in [0.25, 0.3) is 11.2 Å². The molecule has 0 saturated heterocycles. The highest BCUT2D eigenvalue weighted by molar-refractivity contribution is 5.76. The summed E-state index contributed by atoms with van der Waals surface area (Å²) >= 11 is 0. The third-order valence-electron chi connectivity index (χ3n) is 3.77. The van der Waals surface area contributed by atoms with Crippen LogP contribution >= 0.6 is 0 Å². The standard InChI is InChI=1S/C10H14N4.C6H7N3O.C4H9NO/c1-11-5-3-7-14-8-13-10-9(14)4-2-6-12-10;7-5-2-1-3-8-6(5)9-4-10;1-5-3-2-4-6/h2,4,6,8,11H,3,5,7H2,1H3;1-4H,7H2,(H,8,9,10);4-5H,2-3H2,1H3. The summed E-state index contributed by atoms with van der Waals surface area (Å²) in [4.78, 5) is 31.7. The van der Waals surface area contributed by atoms with Gasteiger partial charge in [0.15, 0.2) is 11.5 Å². The largest absolute Gasteiger partial charge is 0.396 e. The first-order valence-corrected chi connectivity index (χ1v) is 9.57. The number of carbonyl (C=O) groups excluding carboxylic acids is 2. The normalized spacial score (nSPS) is 9.67. The zero-order valence-electron chi connectivity index (χ0n) is 17.4. The molecule has 0 aliphatic rings. The van der Waals surface area contributed by atoms with Crippen molar-refractivity contribution in [2.75, 3.05) is 38.2 Å². The third-order valence-corrected chi connectivity index (χ3v) is 3.77. The second-order valence-corrected chi connectivity index (χ2v) is 6.00. The summed E-state index contributed by atoms with van der Waals surface area (Å²) in [6.45, 7) is 2.81. The molecule has 0 fully saturated rings. The minimum absolute atomic E-state index is 0.400. The van der Waals surface area contributed by atoms with Crippen LogP contribution in [0.5, 0.6) is 0 Å². The number of rotatable bonds is 9. The summed E-state index contributed by atoms with van der Waals surface area (Å²) in [5, 5.41) is 8.33. The summed E-state index contributed by atoms with van der Waals surface area (Å²) in [5.74, 6) is 0.400. The molecule has 10 nitrogen and oxygen atoms in total. The predicted octanol–water partition coefficient (Wildman–Crippen LogP) is 1.07. The van der Waals surface area contributed by atoms with Gasteiger partial charge in [0.1, 0.15) is 6.29 Å². The van der Waals surface area contributed by atoms with E-state index < -0.39 is 0 Å². The second kappa shape index (κ2) is 15.5. The molecule has 3 rings (SSSR count). The minimum atomic E-state index is 0.400. The molecule has 10 heteroatoms. The van der Waals surface area contributed by atoms with Gasteiger partial charge in [-0.25, -0.2) is 15.0 Å². The lowest BCUT2D eigenvalue weighted by atomic mass is 10.4. The van der Waals surface area contributed by atoms with Gasteiger partial charge in [0.2, 0.25) is 6.41 Å². The fourth-order valence-electron chi connectivity index (χ4n) is 2.30. The van der Waals surface area contributed by atoms with E-state index in [4.69, 9.17) is 5.73 Å². The van der Waals surface area contributed by atoms with Gasteiger partial charge in [0.05, 0.1) is 17.5 Å². The zero-order chi connectivity index (χ0) is 22.0. The fraction of sp³-hybridized carbons (Fsp3) is 0.350. The van der Waals surface area contributed by atoms with Gasteiger partial charge < -0.3 is 31.0 Å². The number of nitrogens with two attached hydrogens (primary N) is 1. The molecule has 0 radical (unpaired) electrons. The summed E-state index contributed by atoms with van der Waals surface area (Å²) in [5.41, 5.74) is 7.83. The number of hydrogen-bond donors (Lipinski definition) is 4. The molecular formula is C20H30N8O2. The number of imidazole rings is 1. The maximum atomic E-state index is 9.92. The van der Waals surface area contributed by atoms with Gasteiger partial charge in [0, 0.05) is 31.9 Å². The van der Waals surface area contributed by atoms with Gasteiger partial charge >= 0.3 is 0 Å². The number of nitrogen functional groups attached to an aromatic ring is 1. The topological polar surface area (TPSA) is 140 Å². The quantitative estimate of drug-likeness (QED) is 0.301. The first-order chi connectivity index (χ1) is 14.7. The van der Waals surface area contributed by atoms with Crippen molar-refractivity contribution in [3.05, 3.63) is 43.0 Å². The van der Waals surface area contributed by atoms with E-state index >= 15 is 0 Å². The van der Waals surface area contributed by atoms with Crippen LogP contribution in [0.2, 0.25) is 0 Å². The van der Waals surface area contributed by atoms with Gasteiger partial charge in [-0.3, -0.25) is 4.79 Å². The first-order valence-electron chi connectivity index (χ1n) is 9.57. The smallest absolute Gasteiger partial charge is 0.212 e. The Morgan fingerprint density at radius 1 is 1.03 bits per heavy atom. The monoisotopic (exact) mass is 414 g/mol. The predicted molar refractivity (Wildman–Crippen MR) is 119 cm³/mol. The molecular weight excluding hydrogens is 384 g/mol. The number of carbonyl (C=O) groups is 2. The Kier molecular flexibility index (Phi) is 12.8. The van der Waals surface area contributed by atoms with Crippen LogP contribution in [0.15, 0.2) is 43.0 Å². The number of nitrogens with zero attached hydrogens (tertiary/aromatic N) is 4. The first kappa shape index (κ1) is 24.7. The van der Waals surface area contributed by atoms with E-state index in [0.717, 1.165) is 43.5 Å². The molecule has 1 amide bonds. The SMILES string of the molecule is CNCCC=O.CNCCCn1cnc2ncccc21.Nc1cccnc1NC=O. The van der Waals surface area contributed by atoms with Gasteiger partial charge in [-0.05, 0) is 51.3 Å². The molecule has 0 bridgehead atoms. The van der Waals surface area contributed by atoms with Crippen LogP contribution in [0.4, 0.5) is 11.5 Å². The fourth-order valence-corrected chi connectivity index (χ4v) is 2.30. The number of fused-ring (bicyclic) bond motifs is 1. The Bertz CT molecular complexity index is 869. The zero-order valence-corrected chi connectivity index (χ0v) is 17.4. The lowest BCUT2D eigenvalue weighted by Crippen LogP contribution is -2.10. The molecule has 0 unspecified atom stereocenters. The third kappa shape index (κ3) is 9.22. The van der Waals surface area contributed by atoms with E-state index in [1.165, 1.54) is 0 Å². The van der Waals surface area contributed by atoms with E-state index in [9.17, 15) is 9.59 Å². The molecule has 0 spiro atoms. The Balaban J connectivity index is 0.000000247. The van der Waals surface area contributed by atoms with Gasteiger partial charge in [-0.15, -0.1) is 0 Å². The molecule has 30 heavy (non-hydrogen) atoms. The molecule has 0 atom stereocenters. The average molecular weight is 415 g/mol. The van der Waals surface area contributed by atoms with Crippen LogP contribution in [0.1, 0.15) is 12.8 Å². The lowest BCUT2D eigenvalue weighted by Gasteiger charge is -2.02. The average Bonchev–Trinajstić information content (AvgIpc) is 3.18. The second-order valence-electron chi connectivity index (χ2n) is 6.00. The molecule has 162 valence electrons. The number of amides is 1. The molecule has 0 saturated carbocycles. The van der Waals surface area contributed by atoms with Crippen molar-refractivity contribution >= 4 is 35.4 Å². The van der Waals surface area contributed by atoms with Crippen LogP contribution < -0.4 is 21.7 Å². The molecule has 0 aromatic carbocycles. The van der Waals surface area contributed by atoms with Crippen LogP contribution in [-0.2, 0) is 16.1 Å². The van der Waals surface area contributed by atoms with E-state index in [0.29, 0.717) is 24.3 Å². The van der Waals surface area contributed by atoms with E-state index in [1.807, 2.05) is 26.5 Å². The van der Waals surface area contributed by atoms with Crippen molar-refractivity contribution in [3.63, 3.8) is 0 Å². The lowest BCUT2D eigenvalue weighted by molar-refractivity contribution is -0.108. The Labute approximate surface area is 176 Å². The van der Waals surface area contributed by atoms with E-state index in [2.05, 4.69) is 41.5 Å². The number of anilines is 2. The number of nitrogens with one attached hydrogen (secondary N) is 3. The van der Waals surface area contributed by atoms with Crippen molar-refractivity contribution in [1.29, 1.82) is 0 Å². The molecule has 5 N–H and O–H groups in total. The molecule has 3 aromatic heterocycles. The Morgan fingerprint density at radius 2 is 1.77 bits per heavy atom. The minimum Gasteiger partial charge on any atom is -0.396 e. The highest BCUT2D eigenvalue weighted by atomic mass is 16.1. The van der Waals surface area contributed by atoms with Crippen molar-refractivity contribution in [1.82, 2.24) is 30.2 Å². The highest BCUT2D eigenvalue weighted by Gasteiger charge is 2.00. The number of aldehydes is 1. The highest BCUT2D eigenvalue weighted by Crippen LogP contribution is 2.11. The Morgan fingerprint density at radius 3 is 2.40 bits per heavy atom. The number of aromatic nitrogens is 4.